The minimum atomic E-state index is 0.846. The zero-order valence-electron chi connectivity index (χ0n) is 11.8. The Morgan fingerprint density at radius 3 is 2.80 bits per heavy atom. The van der Waals surface area contributed by atoms with Crippen molar-refractivity contribution < 1.29 is 0 Å². The van der Waals surface area contributed by atoms with E-state index in [9.17, 15) is 0 Å². The first-order valence-electron chi connectivity index (χ1n) is 6.84. The standard InChI is InChI=1S/C16H18N4/c1-12-8-10-20-15(18-19-16(20)11-12)7-9-17-14-6-4-3-5-13(14)2/h3-6,8,10-11,17H,7,9H2,1-2H3. The molecule has 3 rings (SSSR count). The van der Waals surface area contributed by atoms with Crippen LogP contribution in [0.3, 0.4) is 0 Å². The second-order valence-electron chi connectivity index (χ2n) is 5.04. The topological polar surface area (TPSA) is 42.2 Å². The van der Waals surface area contributed by atoms with Gasteiger partial charge in [0.1, 0.15) is 5.82 Å². The van der Waals surface area contributed by atoms with Gasteiger partial charge in [-0.25, -0.2) is 0 Å². The van der Waals surface area contributed by atoms with Crippen LogP contribution in [0.4, 0.5) is 5.69 Å². The van der Waals surface area contributed by atoms with Crippen LogP contribution in [0.1, 0.15) is 17.0 Å². The summed E-state index contributed by atoms with van der Waals surface area (Å²) in [5, 5.41) is 11.9. The van der Waals surface area contributed by atoms with Gasteiger partial charge in [0.15, 0.2) is 5.65 Å². The number of nitrogens with zero attached hydrogens (tertiary/aromatic N) is 3. The van der Waals surface area contributed by atoms with Crippen molar-refractivity contribution in [2.75, 3.05) is 11.9 Å². The van der Waals surface area contributed by atoms with Gasteiger partial charge in [-0.2, -0.15) is 0 Å². The Bertz CT molecular complexity index is 730. The zero-order valence-corrected chi connectivity index (χ0v) is 11.8. The van der Waals surface area contributed by atoms with Gasteiger partial charge >= 0.3 is 0 Å². The van der Waals surface area contributed by atoms with Crippen molar-refractivity contribution in [1.29, 1.82) is 0 Å². The molecule has 1 N–H and O–H groups in total. The van der Waals surface area contributed by atoms with E-state index in [0.29, 0.717) is 0 Å². The number of nitrogens with one attached hydrogen (secondary N) is 1. The lowest BCUT2D eigenvalue weighted by molar-refractivity contribution is 0.870. The van der Waals surface area contributed by atoms with Crippen molar-refractivity contribution >= 4 is 11.3 Å². The van der Waals surface area contributed by atoms with Crippen LogP contribution < -0.4 is 5.32 Å². The van der Waals surface area contributed by atoms with Crippen LogP contribution in [-0.4, -0.2) is 21.1 Å². The SMILES string of the molecule is Cc1ccn2c(CCNc3ccccc3C)nnc2c1. The van der Waals surface area contributed by atoms with E-state index in [1.54, 1.807) is 0 Å². The summed E-state index contributed by atoms with van der Waals surface area (Å²) in [5.74, 6) is 0.987. The zero-order chi connectivity index (χ0) is 13.9. The average Bonchev–Trinajstić information content (AvgIpc) is 2.83. The van der Waals surface area contributed by atoms with E-state index >= 15 is 0 Å². The van der Waals surface area contributed by atoms with Crippen LogP contribution in [0.25, 0.3) is 5.65 Å². The summed E-state index contributed by atoms with van der Waals surface area (Å²) in [6, 6.07) is 12.4. The first kappa shape index (κ1) is 12.7. The van der Waals surface area contributed by atoms with Crippen LogP contribution >= 0.6 is 0 Å². The largest absolute Gasteiger partial charge is 0.384 e. The van der Waals surface area contributed by atoms with Crippen LogP contribution in [0.15, 0.2) is 42.6 Å². The minimum absolute atomic E-state index is 0.846. The molecule has 4 nitrogen and oxygen atoms in total. The average molecular weight is 266 g/mol. The van der Waals surface area contributed by atoms with Gasteiger partial charge in [-0.15, -0.1) is 10.2 Å². The van der Waals surface area contributed by atoms with Crippen LogP contribution in [0, 0.1) is 13.8 Å². The molecule has 0 aliphatic rings. The maximum Gasteiger partial charge on any atom is 0.161 e. The highest BCUT2D eigenvalue weighted by Gasteiger charge is 2.05. The molecule has 0 spiro atoms. The maximum absolute atomic E-state index is 4.26. The summed E-state index contributed by atoms with van der Waals surface area (Å²) in [7, 11) is 0. The summed E-state index contributed by atoms with van der Waals surface area (Å²) >= 11 is 0. The predicted molar refractivity (Wildman–Crippen MR) is 81.1 cm³/mol. The number of anilines is 1. The molecule has 0 fully saturated rings. The van der Waals surface area contributed by atoms with Gasteiger partial charge < -0.3 is 5.32 Å². The molecular formula is C16H18N4. The predicted octanol–water partition coefficient (Wildman–Crippen LogP) is 3.00. The Morgan fingerprint density at radius 2 is 1.95 bits per heavy atom. The molecule has 0 atom stereocenters. The summed E-state index contributed by atoms with van der Waals surface area (Å²) in [5.41, 5.74) is 4.55. The third-order valence-electron chi connectivity index (χ3n) is 3.45. The van der Waals surface area contributed by atoms with Gasteiger partial charge in [0.05, 0.1) is 0 Å². The number of pyridine rings is 1. The van der Waals surface area contributed by atoms with Gasteiger partial charge in [0.25, 0.3) is 0 Å². The van der Waals surface area contributed by atoms with Gasteiger partial charge in [0, 0.05) is 24.8 Å². The van der Waals surface area contributed by atoms with Crippen molar-refractivity contribution in [3.05, 3.63) is 59.5 Å². The Labute approximate surface area is 118 Å². The number of hydrogen-bond donors (Lipinski definition) is 1. The summed E-state index contributed by atoms with van der Waals surface area (Å²) in [6.07, 6.45) is 2.88. The van der Waals surface area contributed by atoms with Crippen molar-refractivity contribution in [3.8, 4) is 0 Å². The smallest absolute Gasteiger partial charge is 0.161 e. The van der Waals surface area contributed by atoms with Gasteiger partial charge in [-0.3, -0.25) is 4.40 Å². The number of aryl methyl sites for hydroxylation is 2. The molecule has 2 heterocycles. The monoisotopic (exact) mass is 266 g/mol. The number of rotatable bonds is 4. The highest BCUT2D eigenvalue weighted by molar-refractivity contribution is 5.50. The fourth-order valence-electron chi connectivity index (χ4n) is 2.29. The molecule has 3 aromatic rings. The fourth-order valence-corrected chi connectivity index (χ4v) is 2.29. The fraction of sp³-hybridized carbons (Fsp3) is 0.250. The van der Waals surface area contributed by atoms with E-state index in [-0.39, 0.29) is 0 Å². The molecule has 0 saturated heterocycles. The van der Waals surface area contributed by atoms with Crippen LogP contribution in [-0.2, 0) is 6.42 Å². The van der Waals surface area contributed by atoms with Crippen molar-refractivity contribution in [2.24, 2.45) is 0 Å². The van der Waals surface area contributed by atoms with Crippen LogP contribution in [0.2, 0.25) is 0 Å². The second kappa shape index (κ2) is 5.33. The third kappa shape index (κ3) is 2.50. The van der Waals surface area contributed by atoms with Crippen molar-refractivity contribution in [2.45, 2.75) is 20.3 Å². The van der Waals surface area contributed by atoms with Crippen LogP contribution in [0.5, 0.6) is 0 Å². The molecule has 102 valence electrons. The lowest BCUT2D eigenvalue weighted by Crippen LogP contribution is -2.08. The van der Waals surface area contributed by atoms with E-state index < -0.39 is 0 Å². The first-order valence-corrected chi connectivity index (χ1v) is 6.84. The molecule has 0 amide bonds. The van der Waals surface area contributed by atoms with E-state index in [0.717, 1.165) is 24.4 Å². The van der Waals surface area contributed by atoms with Gasteiger partial charge in [-0.05, 0) is 43.2 Å². The molecule has 1 aromatic carbocycles. The third-order valence-corrected chi connectivity index (χ3v) is 3.45. The summed E-state index contributed by atoms with van der Waals surface area (Å²) < 4.78 is 2.05. The summed E-state index contributed by atoms with van der Waals surface area (Å²) in [4.78, 5) is 0. The molecule has 0 bridgehead atoms. The maximum atomic E-state index is 4.26. The molecule has 0 aliphatic carbocycles. The number of aromatic nitrogens is 3. The molecule has 0 unspecified atom stereocenters. The highest BCUT2D eigenvalue weighted by atomic mass is 15.2. The Hall–Kier alpha value is -2.36. The van der Waals surface area contributed by atoms with Gasteiger partial charge in [0.2, 0.25) is 0 Å². The number of fused-ring (bicyclic) bond motifs is 1. The minimum Gasteiger partial charge on any atom is -0.384 e. The highest BCUT2D eigenvalue weighted by Crippen LogP contribution is 2.13. The quantitative estimate of drug-likeness (QED) is 0.789. The second-order valence-corrected chi connectivity index (χ2v) is 5.04. The lowest BCUT2D eigenvalue weighted by atomic mass is 10.2. The summed E-state index contributed by atoms with van der Waals surface area (Å²) in [6.45, 7) is 5.02. The van der Waals surface area contributed by atoms with E-state index in [1.807, 2.05) is 22.7 Å². The van der Waals surface area contributed by atoms with E-state index in [4.69, 9.17) is 0 Å². The normalized spacial score (nSPS) is 10.9. The molecule has 2 aromatic heterocycles. The number of hydrogen-bond acceptors (Lipinski definition) is 3. The van der Waals surface area contributed by atoms with E-state index in [1.165, 1.54) is 16.8 Å². The lowest BCUT2D eigenvalue weighted by Gasteiger charge is -2.08. The molecule has 20 heavy (non-hydrogen) atoms. The number of para-hydroxylation sites is 1. The number of benzene rings is 1. The van der Waals surface area contributed by atoms with Crippen molar-refractivity contribution in [3.63, 3.8) is 0 Å². The molecular weight excluding hydrogens is 248 g/mol. The van der Waals surface area contributed by atoms with Gasteiger partial charge in [-0.1, -0.05) is 18.2 Å². The molecule has 0 aliphatic heterocycles. The van der Waals surface area contributed by atoms with Crippen molar-refractivity contribution in [1.82, 2.24) is 14.6 Å². The Balaban J connectivity index is 1.70. The molecule has 0 radical (unpaired) electrons. The van der Waals surface area contributed by atoms with E-state index in [2.05, 4.69) is 53.6 Å². The Kier molecular flexibility index (Phi) is 3.37. The Morgan fingerprint density at radius 1 is 1.10 bits per heavy atom. The molecule has 4 heteroatoms. The first-order chi connectivity index (χ1) is 9.74. The molecule has 0 saturated carbocycles.